The van der Waals surface area contributed by atoms with Gasteiger partial charge in [-0.05, 0) is 54.5 Å². The largest absolute Gasteiger partial charge is 0.508 e. The number of carbonyl (C=O) groups excluding carboxylic acids is 1. The molecule has 0 bridgehead atoms. The molecule has 25 heavy (non-hydrogen) atoms. The average Bonchev–Trinajstić information content (AvgIpc) is 3.10. The molecule has 3 rings (SSSR count). The molecule has 0 spiro atoms. The Bertz CT molecular complexity index is 656. The van der Waals surface area contributed by atoms with E-state index >= 15 is 0 Å². The minimum Gasteiger partial charge on any atom is -0.508 e. The first-order valence-corrected chi connectivity index (χ1v) is 9.31. The Morgan fingerprint density at radius 3 is 2.44 bits per heavy atom. The maximum atomic E-state index is 12.5. The summed E-state index contributed by atoms with van der Waals surface area (Å²) < 4.78 is 2.22. The Balaban J connectivity index is 1.52. The number of hydrogen-bond acceptors (Lipinski definition) is 2. The van der Waals surface area contributed by atoms with Crippen LogP contribution < -0.4 is 5.32 Å². The van der Waals surface area contributed by atoms with Gasteiger partial charge in [-0.1, -0.05) is 31.4 Å². The summed E-state index contributed by atoms with van der Waals surface area (Å²) in [6.45, 7) is 1.58. The Labute approximate surface area is 149 Å². The van der Waals surface area contributed by atoms with E-state index in [-0.39, 0.29) is 17.1 Å². The predicted molar refractivity (Wildman–Crippen MR) is 99.4 cm³/mol. The number of carbonyl (C=O) groups is 1. The van der Waals surface area contributed by atoms with Gasteiger partial charge in [0, 0.05) is 31.9 Å². The van der Waals surface area contributed by atoms with Gasteiger partial charge in [0.15, 0.2) is 0 Å². The molecule has 1 aliphatic rings. The van der Waals surface area contributed by atoms with E-state index in [9.17, 15) is 9.90 Å². The third-order valence-corrected chi connectivity index (χ3v) is 5.31. The number of phenols is 1. The van der Waals surface area contributed by atoms with Crippen LogP contribution in [0.2, 0.25) is 0 Å². The van der Waals surface area contributed by atoms with Crippen molar-refractivity contribution in [1.82, 2.24) is 9.88 Å². The highest BCUT2D eigenvalue weighted by atomic mass is 16.3. The lowest BCUT2D eigenvalue weighted by atomic mass is 9.71. The average molecular weight is 340 g/mol. The van der Waals surface area contributed by atoms with Crippen molar-refractivity contribution in [2.24, 2.45) is 5.41 Å². The third-order valence-electron chi connectivity index (χ3n) is 5.31. The highest BCUT2D eigenvalue weighted by Crippen LogP contribution is 2.40. The van der Waals surface area contributed by atoms with Gasteiger partial charge in [0.05, 0.1) is 0 Å². The Morgan fingerprint density at radius 1 is 1.08 bits per heavy atom. The third kappa shape index (κ3) is 5.12. The van der Waals surface area contributed by atoms with Gasteiger partial charge in [0.25, 0.3) is 0 Å². The first kappa shape index (κ1) is 17.6. The molecule has 1 aromatic heterocycles. The molecule has 1 heterocycles. The van der Waals surface area contributed by atoms with E-state index in [1.807, 2.05) is 24.3 Å². The monoisotopic (exact) mass is 340 g/mol. The van der Waals surface area contributed by atoms with Gasteiger partial charge in [-0.25, -0.2) is 0 Å². The topological polar surface area (TPSA) is 54.3 Å². The van der Waals surface area contributed by atoms with Gasteiger partial charge in [-0.3, -0.25) is 4.79 Å². The molecule has 2 aromatic rings. The lowest BCUT2D eigenvalue weighted by Crippen LogP contribution is -2.37. The highest BCUT2D eigenvalue weighted by molar-refractivity contribution is 5.76. The molecule has 1 aliphatic carbocycles. The second-order valence-electron chi connectivity index (χ2n) is 7.36. The van der Waals surface area contributed by atoms with E-state index in [0.29, 0.717) is 13.0 Å². The molecule has 1 saturated carbocycles. The summed E-state index contributed by atoms with van der Waals surface area (Å²) in [5, 5.41) is 12.4. The van der Waals surface area contributed by atoms with Gasteiger partial charge < -0.3 is 15.0 Å². The van der Waals surface area contributed by atoms with Crippen molar-refractivity contribution in [3.8, 4) is 5.75 Å². The van der Waals surface area contributed by atoms with Crippen LogP contribution in [0.4, 0.5) is 0 Å². The second-order valence-corrected chi connectivity index (χ2v) is 7.36. The van der Waals surface area contributed by atoms with Crippen molar-refractivity contribution >= 4 is 5.91 Å². The molecule has 4 nitrogen and oxygen atoms in total. The maximum Gasteiger partial charge on any atom is 0.220 e. The van der Waals surface area contributed by atoms with E-state index in [4.69, 9.17) is 0 Å². The van der Waals surface area contributed by atoms with Crippen LogP contribution in [0.5, 0.6) is 5.75 Å². The van der Waals surface area contributed by atoms with Crippen LogP contribution in [0, 0.1) is 5.41 Å². The predicted octanol–water partition coefficient (Wildman–Crippen LogP) is 3.89. The van der Waals surface area contributed by atoms with Crippen molar-refractivity contribution in [1.29, 1.82) is 0 Å². The fourth-order valence-electron chi connectivity index (χ4n) is 3.97. The molecular weight excluding hydrogens is 312 g/mol. The Kier molecular flexibility index (Phi) is 5.79. The first-order chi connectivity index (χ1) is 12.2. The molecule has 0 saturated heterocycles. The van der Waals surface area contributed by atoms with Crippen LogP contribution in [-0.4, -0.2) is 22.1 Å². The van der Waals surface area contributed by atoms with E-state index in [2.05, 4.69) is 22.3 Å². The van der Waals surface area contributed by atoms with Gasteiger partial charge in [-0.15, -0.1) is 0 Å². The van der Waals surface area contributed by atoms with Crippen molar-refractivity contribution < 1.29 is 9.90 Å². The summed E-state index contributed by atoms with van der Waals surface area (Å²) in [7, 11) is 0. The maximum absolute atomic E-state index is 12.5. The quantitative estimate of drug-likeness (QED) is 0.803. The van der Waals surface area contributed by atoms with Crippen LogP contribution in [0.15, 0.2) is 48.8 Å². The molecule has 134 valence electrons. The van der Waals surface area contributed by atoms with Gasteiger partial charge in [0.2, 0.25) is 5.91 Å². The zero-order valence-electron chi connectivity index (χ0n) is 14.8. The summed E-state index contributed by atoms with van der Waals surface area (Å²) in [6.07, 6.45) is 11.6. The zero-order valence-corrected chi connectivity index (χ0v) is 14.8. The molecule has 0 radical (unpaired) electrons. The molecule has 0 unspecified atom stereocenters. The number of phenolic OH excluding ortho intramolecular Hbond substituents is 1. The number of benzene rings is 1. The molecular formula is C21H28N2O2. The minimum absolute atomic E-state index is 0.0971. The Hall–Kier alpha value is -2.23. The van der Waals surface area contributed by atoms with Crippen molar-refractivity contribution in [2.45, 2.75) is 51.5 Å². The molecule has 1 aromatic carbocycles. The van der Waals surface area contributed by atoms with Gasteiger partial charge in [0.1, 0.15) is 5.75 Å². The summed E-state index contributed by atoms with van der Waals surface area (Å²) in [5.41, 5.74) is 1.22. The second kappa shape index (κ2) is 8.24. The standard InChI is InChI=1S/C21H28N2O2/c24-19-8-6-18(7-9-19)10-13-22-20(25)16-21(11-2-1-3-12-21)17-23-14-4-5-15-23/h4-9,14-15,24H,1-3,10-13,16-17H2,(H,22,25). The number of amides is 1. The van der Waals surface area contributed by atoms with Crippen molar-refractivity contribution in [3.05, 3.63) is 54.4 Å². The summed E-state index contributed by atoms with van der Waals surface area (Å²) in [4.78, 5) is 12.5. The molecule has 1 amide bonds. The van der Waals surface area contributed by atoms with Crippen LogP contribution in [0.25, 0.3) is 0 Å². The number of nitrogens with one attached hydrogen (secondary N) is 1. The van der Waals surface area contributed by atoms with Crippen molar-refractivity contribution in [2.75, 3.05) is 6.54 Å². The fraction of sp³-hybridized carbons (Fsp3) is 0.476. The lowest BCUT2D eigenvalue weighted by molar-refractivity contribution is -0.124. The van der Waals surface area contributed by atoms with E-state index in [1.54, 1.807) is 12.1 Å². The number of rotatable bonds is 7. The number of aromatic nitrogens is 1. The fourth-order valence-corrected chi connectivity index (χ4v) is 3.97. The first-order valence-electron chi connectivity index (χ1n) is 9.31. The summed E-state index contributed by atoms with van der Waals surface area (Å²) in [6, 6.07) is 11.3. The highest BCUT2D eigenvalue weighted by Gasteiger charge is 2.34. The lowest BCUT2D eigenvalue weighted by Gasteiger charge is -2.37. The van der Waals surface area contributed by atoms with Gasteiger partial charge in [-0.2, -0.15) is 0 Å². The molecule has 2 N–H and O–H groups in total. The summed E-state index contributed by atoms with van der Waals surface area (Å²) in [5.74, 6) is 0.435. The molecule has 4 heteroatoms. The van der Waals surface area contributed by atoms with Crippen LogP contribution >= 0.6 is 0 Å². The van der Waals surface area contributed by atoms with E-state index < -0.39 is 0 Å². The zero-order chi connectivity index (χ0) is 17.5. The SMILES string of the molecule is O=C(CC1(Cn2cccc2)CCCCC1)NCCc1ccc(O)cc1. The molecule has 1 fully saturated rings. The van der Waals surface area contributed by atoms with Crippen LogP contribution in [-0.2, 0) is 17.8 Å². The van der Waals surface area contributed by atoms with Gasteiger partial charge >= 0.3 is 0 Å². The van der Waals surface area contributed by atoms with E-state index in [1.165, 1.54) is 19.3 Å². The molecule has 0 aliphatic heterocycles. The van der Waals surface area contributed by atoms with Crippen LogP contribution in [0.3, 0.4) is 0 Å². The number of aromatic hydroxyl groups is 1. The Morgan fingerprint density at radius 2 is 1.76 bits per heavy atom. The summed E-state index contributed by atoms with van der Waals surface area (Å²) >= 11 is 0. The van der Waals surface area contributed by atoms with Crippen LogP contribution in [0.1, 0.15) is 44.1 Å². The normalized spacial score (nSPS) is 16.5. The smallest absolute Gasteiger partial charge is 0.220 e. The van der Waals surface area contributed by atoms with Crippen molar-refractivity contribution in [3.63, 3.8) is 0 Å². The molecule has 0 atom stereocenters. The minimum atomic E-state index is 0.0971. The number of nitrogens with zero attached hydrogens (tertiary/aromatic N) is 1. The number of hydrogen-bond donors (Lipinski definition) is 2. The van der Waals surface area contributed by atoms with E-state index in [0.717, 1.165) is 31.4 Å².